The number of hydrogen-bond donors (Lipinski definition) is 0. The Labute approximate surface area is 252 Å². The van der Waals surface area contributed by atoms with Crippen molar-refractivity contribution in [2.45, 2.75) is 0 Å². The van der Waals surface area contributed by atoms with Gasteiger partial charge in [-0.25, -0.2) is 4.90 Å². The average molecular weight is 567 g/mol. The molecule has 5 aromatic carbocycles. The topological polar surface area (TPSA) is 79.0 Å². The van der Waals surface area contributed by atoms with Gasteiger partial charge < -0.3 is 4.57 Å². The van der Waals surface area contributed by atoms with Crippen molar-refractivity contribution >= 4 is 39.3 Å². The van der Waals surface area contributed by atoms with E-state index in [1.165, 1.54) is 11.1 Å². The Morgan fingerprint density at radius 1 is 0.591 bits per heavy atom. The molecule has 8 rings (SSSR count). The highest BCUT2D eigenvalue weighted by Gasteiger charge is 2.40. The number of hydrogen-bond acceptors (Lipinski definition) is 4. The number of benzene rings is 5. The summed E-state index contributed by atoms with van der Waals surface area (Å²) in [5.74, 6) is -0.734. The number of amides is 2. The van der Waals surface area contributed by atoms with Gasteiger partial charge in [0.15, 0.2) is 0 Å². The van der Waals surface area contributed by atoms with E-state index in [0.29, 0.717) is 28.1 Å². The molecule has 6 heteroatoms. The van der Waals surface area contributed by atoms with E-state index in [-0.39, 0.29) is 11.8 Å². The van der Waals surface area contributed by atoms with Crippen LogP contribution in [0.25, 0.3) is 49.7 Å². The normalized spacial score (nSPS) is 12.6. The number of fused-ring (bicyclic) bond motifs is 4. The first kappa shape index (κ1) is 25.4. The largest absolute Gasteiger partial charge is 0.308 e. The minimum atomic E-state index is -0.375. The van der Waals surface area contributed by atoms with Gasteiger partial charge in [0, 0.05) is 39.9 Å². The third-order valence-corrected chi connectivity index (χ3v) is 8.24. The zero-order chi connectivity index (χ0) is 29.8. The van der Waals surface area contributed by atoms with Crippen LogP contribution in [0.2, 0.25) is 0 Å². The van der Waals surface area contributed by atoms with Gasteiger partial charge in [-0.05, 0) is 35.9 Å². The van der Waals surface area contributed by atoms with Gasteiger partial charge in [-0.3, -0.25) is 14.6 Å². The highest BCUT2D eigenvalue weighted by molar-refractivity contribution is 6.36. The number of imide groups is 1. The second kappa shape index (κ2) is 9.90. The highest BCUT2D eigenvalue weighted by atomic mass is 16.2. The Morgan fingerprint density at radius 3 is 2.14 bits per heavy atom. The number of aromatic nitrogens is 2. The van der Waals surface area contributed by atoms with Gasteiger partial charge in [0.2, 0.25) is 0 Å². The molecule has 0 spiro atoms. The smallest absolute Gasteiger partial charge is 0.268 e. The lowest BCUT2D eigenvalue weighted by Crippen LogP contribution is -2.30. The molecule has 7 aromatic rings. The highest BCUT2D eigenvalue weighted by Crippen LogP contribution is 2.42. The summed E-state index contributed by atoms with van der Waals surface area (Å²) in [5.41, 5.74) is 7.44. The van der Waals surface area contributed by atoms with Gasteiger partial charge >= 0.3 is 0 Å². The summed E-state index contributed by atoms with van der Waals surface area (Å²) in [7, 11) is 0. The summed E-state index contributed by atoms with van der Waals surface area (Å²) in [6, 6.07) is 40.8. The quantitative estimate of drug-likeness (QED) is 0.201. The lowest BCUT2D eigenvalue weighted by atomic mass is 10.0. The number of pyridine rings is 1. The fourth-order valence-electron chi connectivity index (χ4n) is 6.35. The van der Waals surface area contributed by atoms with Crippen LogP contribution in [-0.2, 0) is 0 Å². The van der Waals surface area contributed by atoms with Crippen molar-refractivity contribution in [2.75, 3.05) is 4.90 Å². The number of nitriles is 1. The van der Waals surface area contributed by atoms with Gasteiger partial charge in [0.05, 0.1) is 39.1 Å². The van der Waals surface area contributed by atoms with Crippen molar-refractivity contribution in [1.29, 1.82) is 5.26 Å². The number of carbonyl (C=O) groups excluding carboxylic acids is 2. The van der Waals surface area contributed by atoms with E-state index in [4.69, 9.17) is 0 Å². The summed E-state index contributed by atoms with van der Waals surface area (Å²) in [6.45, 7) is 0. The maximum Gasteiger partial charge on any atom is 0.268 e. The van der Waals surface area contributed by atoms with Crippen molar-refractivity contribution in [3.05, 3.63) is 150 Å². The van der Waals surface area contributed by atoms with E-state index in [1.54, 1.807) is 12.3 Å². The third kappa shape index (κ3) is 3.70. The van der Waals surface area contributed by atoms with Crippen LogP contribution in [-0.4, -0.2) is 21.4 Å². The molecule has 0 fully saturated rings. The summed E-state index contributed by atoms with van der Waals surface area (Å²) in [4.78, 5) is 34.1. The molecule has 206 valence electrons. The summed E-state index contributed by atoms with van der Waals surface area (Å²) in [6.07, 6.45) is 3.28. The molecule has 0 bridgehead atoms. The van der Waals surface area contributed by atoms with E-state index in [2.05, 4.69) is 27.8 Å². The molecule has 0 N–H and O–H groups in total. The monoisotopic (exact) mass is 566 g/mol. The van der Waals surface area contributed by atoms with E-state index in [1.807, 2.05) is 103 Å². The van der Waals surface area contributed by atoms with Crippen molar-refractivity contribution in [3.8, 4) is 34.0 Å². The predicted octanol–water partition coefficient (Wildman–Crippen LogP) is 8.18. The lowest BCUT2D eigenvalue weighted by Gasteiger charge is -2.19. The Balaban J connectivity index is 1.39. The van der Waals surface area contributed by atoms with Crippen LogP contribution in [0.15, 0.2) is 134 Å². The molecule has 0 radical (unpaired) electrons. The van der Waals surface area contributed by atoms with Crippen LogP contribution in [0.4, 0.5) is 5.69 Å². The third-order valence-electron chi connectivity index (χ3n) is 8.24. The van der Waals surface area contributed by atoms with Crippen molar-refractivity contribution in [3.63, 3.8) is 0 Å². The van der Waals surface area contributed by atoms with Crippen LogP contribution in [0, 0.1) is 11.3 Å². The Bertz CT molecular complexity index is 2350. The zero-order valence-electron chi connectivity index (χ0n) is 23.3. The molecule has 2 amide bonds. The van der Waals surface area contributed by atoms with Crippen LogP contribution in [0.1, 0.15) is 26.3 Å². The van der Waals surface area contributed by atoms with Gasteiger partial charge in [-0.1, -0.05) is 91.0 Å². The van der Waals surface area contributed by atoms with Crippen LogP contribution < -0.4 is 4.90 Å². The summed E-state index contributed by atoms with van der Waals surface area (Å²) >= 11 is 0. The van der Waals surface area contributed by atoms with Crippen molar-refractivity contribution < 1.29 is 9.59 Å². The minimum absolute atomic E-state index is 0.349. The standard InChI is InChI=1S/C38H22N4O2/c39-21-24-20-26(23-40-22-24)28-14-8-15-30-29-13-5-7-18-33(29)41(36(28)30)34-19-9-16-31-35(34)38(44)42(37(31)43)32-17-6-4-12-27(32)25-10-2-1-3-11-25/h1-20,22-23H. The maximum absolute atomic E-state index is 14.5. The van der Waals surface area contributed by atoms with Gasteiger partial charge in [0.25, 0.3) is 11.8 Å². The molecule has 6 nitrogen and oxygen atoms in total. The molecular formula is C38H22N4O2. The Morgan fingerprint density at radius 2 is 1.27 bits per heavy atom. The first-order chi connectivity index (χ1) is 21.7. The average Bonchev–Trinajstić information content (AvgIpc) is 3.56. The number of para-hydroxylation sites is 3. The van der Waals surface area contributed by atoms with E-state index < -0.39 is 0 Å². The molecule has 0 saturated heterocycles. The molecule has 0 aliphatic carbocycles. The fraction of sp³-hybridized carbons (Fsp3) is 0. The molecule has 1 aliphatic rings. The maximum atomic E-state index is 14.5. The number of rotatable bonds is 4. The molecule has 3 heterocycles. The van der Waals surface area contributed by atoms with Crippen LogP contribution in [0.5, 0.6) is 0 Å². The fourth-order valence-corrected chi connectivity index (χ4v) is 6.35. The van der Waals surface area contributed by atoms with Crippen molar-refractivity contribution in [1.82, 2.24) is 9.55 Å². The second-order valence-electron chi connectivity index (χ2n) is 10.7. The minimum Gasteiger partial charge on any atom is -0.308 e. The lowest BCUT2D eigenvalue weighted by molar-refractivity contribution is 0.0926. The second-order valence-corrected chi connectivity index (χ2v) is 10.7. The first-order valence-electron chi connectivity index (χ1n) is 14.2. The van der Waals surface area contributed by atoms with E-state index in [0.717, 1.165) is 44.1 Å². The number of nitrogens with zero attached hydrogens (tertiary/aromatic N) is 4. The molecule has 0 saturated carbocycles. The Hall–Kier alpha value is -6.32. The molecule has 0 atom stereocenters. The van der Waals surface area contributed by atoms with E-state index >= 15 is 0 Å². The predicted molar refractivity (Wildman–Crippen MR) is 172 cm³/mol. The number of anilines is 1. The summed E-state index contributed by atoms with van der Waals surface area (Å²) in [5, 5.41) is 11.6. The molecule has 1 aliphatic heterocycles. The van der Waals surface area contributed by atoms with Gasteiger partial charge in [-0.2, -0.15) is 5.26 Å². The SMILES string of the molecule is N#Cc1cncc(-c2cccc3c4ccccc4n(-c4cccc5c4C(=O)N(c4ccccc4-c4ccccc4)C5=O)c23)c1. The van der Waals surface area contributed by atoms with Crippen molar-refractivity contribution in [2.24, 2.45) is 0 Å². The molecular weight excluding hydrogens is 544 g/mol. The van der Waals surface area contributed by atoms with Crippen LogP contribution >= 0.6 is 0 Å². The van der Waals surface area contributed by atoms with Gasteiger partial charge in [-0.15, -0.1) is 0 Å². The molecule has 2 aromatic heterocycles. The Kier molecular flexibility index (Phi) is 5.71. The van der Waals surface area contributed by atoms with Gasteiger partial charge in [0.1, 0.15) is 6.07 Å². The molecule has 0 unspecified atom stereocenters. The number of carbonyl (C=O) groups is 2. The summed E-state index contributed by atoms with van der Waals surface area (Å²) < 4.78 is 2.07. The zero-order valence-corrected chi connectivity index (χ0v) is 23.3. The molecule has 44 heavy (non-hydrogen) atoms. The van der Waals surface area contributed by atoms with E-state index in [9.17, 15) is 14.9 Å². The van der Waals surface area contributed by atoms with Crippen LogP contribution in [0.3, 0.4) is 0 Å². The first-order valence-corrected chi connectivity index (χ1v) is 14.2.